The molecule has 1 unspecified atom stereocenters. The predicted octanol–water partition coefficient (Wildman–Crippen LogP) is 3.94. The molecular formula is C19H21N3. The van der Waals surface area contributed by atoms with Crippen LogP contribution in [0.3, 0.4) is 0 Å². The summed E-state index contributed by atoms with van der Waals surface area (Å²) in [5.74, 6) is 0. The van der Waals surface area contributed by atoms with E-state index in [2.05, 4.69) is 46.3 Å². The Kier molecular flexibility index (Phi) is 4.70. The van der Waals surface area contributed by atoms with Crippen molar-refractivity contribution in [2.24, 2.45) is 0 Å². The normalized spacial score (nSPS) is 18.0. The van der Waals surface area contributed by atoms with Gasteiger partial charge in [0.25, 0.3) is 0 Å². The molecule has 2 aromatic rings. The van der Waals surface area contributed by atoms with Crippen LogP contribution in [0.1, 0.15) is 36.9 Å². The van der Waals surface area contributed by atoms with Gasteiger partial charge in [-0.15, -0.1) is 0 Å². The van der Waals surface area contributed by atoms with E-state index >= 15 is 0 Å². The summed E-state index contributed by atoms with van der Waals surface area (Å²) in [7, 11) is 0. The monoisotopic (exact) mass is 291 g/mol. The highest BCUT2D eigenvalue weighted by Crippen LogP contribution is 2.27. The Morgan fingerprint density at radius 1 is 1.14 bits per heavy atom. The molecule has 0 aliphatic carbocycles. The third kappa shape index (κ3) is 3.46. The number of aromatic nitrogens is 1. The van der Waals surface area contributed by atoms with Crippen molar-refractivity contribution in [3.63, 3.8) is 0 Å². The highest BCUT2D eigenvalue weighted by Gasteiger charge is 2.22. The molecule has 0 amide bonds. The van der Waals surface area contributed by atoms with Crippen molar-refractivity contribution in [1.29, 1.82) is 5.26 Å². The SMILES string of the molecule is N#Cc1ccc(N2CCCCC2CCc2ccccc2)cn1. The van der Waals surface area contributed by atoms with E-state index < -0.39 is 0 Å². The van der Waals surface area contributed by atoms with Crippen LogP contribution in [0.4, 0.5) is 5.69 Å². The number of anilines is 1. The number of nitrogens with zero attached hydrogens (tertiary/aromatic N) is 3. The van der Waals surface area contributed by atoms with Crippen LogP contribution in [0, 0.1) is 11.3 Å². The van der Waals surface area contributed by atoms with Gasteiger partial charge in [0.1, 0.15) is 11.8 Å². The van der Waals surface area contributed by atoms with Gasteiger partial charge in [-0.25, -0.2) is 4.98 Å². The molecule has 1 saturated heterocycles. The van der Waals surface area contributed by atoms with Crippen LogP contribution in [0.25, 0.3) is 0 Å². The maximum absolute atomic E-state index is 8.87. The lowest BCUT2D eigenvalue weighted by molar-refractivity contribution is 0.438. The molecule has 22 heavy (non-hydrogen) atoms. The molecule has 1 aliphatic rings. The first-order chi connectivity index (χ1) is 10.9. The first-order valence-electron chi connectivity index (χ1n) is 8.03. The van der Waals surface area contributed by atoms with Gasteiger partial charge < -0.3 is 4.90 Å². The lowest BCUT2D eigenvalue weighted by Gasteiger charge is -2.37. The molecule has 3 heteroatoms. The Hall–Kier alpha value is -2.34. The van der Waals surface area contributed by atoms with Crippen LogP contribution in [-0.2, 0) is 6.42 Å². The summed E-state index contributed by atoms with van der Waals surface area (Å²) in [6, 6.07) is 17.2. The van der Waals surface area contributed by atoms with Crippen molar-refractivity contribution in [1.82, 2.24) is 4.98 Å². The zero-order valence-corrected chi connectivity index (χ0v) is 12.8. The van der Waals surface area contributed by atoms with Gasteiger partial charge >= 0.3 is 0 Å². The largest absolute Gasteiger partial charge is 0.367 e. The number of pyridine rings is 1. The molecule has 0 bridgehead atoms. The van der Waals surface area contributed by atoms with Crippen molar-refractivity contribution < 1.29 is 0 Å². The molecule has 2 heterocycles. The van der Waals surface area contributed by atoms with Crippen molar-refractivity contribution in [2.75, 3.05) is 11.4 Å². The topological polar surface area (TPSA) is 39.9 Å². The fraction of sp³-hybridized carbons (Fsp3) is 0.368. The molecule has 0 spiro atoms. The molecule has 0 radical (unpaired) electrons. The van der Waals surface area contributed by atoms with E-state index in [0.717, 1.165) is 18.7 Å². The summed E-state index contributed by atoms with van der Waals surface area (Å²) >= 11 is 0. The Labute approximate surface area is 132 Å². The zero-order chi connectivity index (χ0) is 15.2. The summed E-state index contributed by atoms with van der Waals surface area (Å²) < 4.78 is 0. The lowest BCUT2D eigenvalue weighted by atomic mass is 9.95. The van der Waals surface area contributed by atoms with Crippen molar-refractivity contribution >= 4 is 5.69 Å². The highest BCUT2D eigenvalue weighted by atomic mass is 15.2. The summed E-state index contributed by atoms with van der Waals surface area (Å²) in [6.07, 6.45) is 7.92. The molecule has 1 aromatic heterocycles. The maximum atomic E-state index is 8.87. The van der Waals surface area contributed by atoms with E-state index in [4.69, 9.17) is 5.26 Å². The van der Waals surface area contributed by atoms with Crippen molar-refractivity contribution in [3.8, 4) is 6.07 Å². The first kappa shape index (κ1) is 14.6. The fourth-order valence-corrected chi connectivity index (χ4v) is 3.24. The second-order valence-corrected chi connectivity index (χ2v) is 5.88. The summed E-state index contributed by atoms with van der Waals surface area (Å²) in [5, 5.41) is 8.87. The van der Waals surface area contributed by atoms with Gasteiger partial charge in [-0.05, 0) is 49.8 Å². The summed E-state index contributed by atoms with van der Waals surface area (Å²) in [5.41, 5.74) is 3.05. The number of rotatable bonds is 4. The number of aryl methyl sites for hydroxylation is 1. The van der Waals surface area contributed by atoms with Crippen LogP contribution < -0.4 is 4.90 Å². The first-order valence-corrected chi connectivity index (χ1v) is 8.03. The van der Waals surface area contributed by atoms with Gasteiger partial charge in [0.2, 0.25) is 0 Å². The number of hydrogen-bond donors (Lipinski definition) is 0. The standard InChI is InChI=1S/C19H21N3/c20-14-17-10-12-19(15-21-17)22-13-5-4-8-18(22)11-9-16-6-2-1-3-7-16/h1-3,6-7,10,12,15,18H,4-5,8-9,11,13H2. The zero-order valence-electron chi connectivity index (χ0n) is 12.8. The third-order valence-corrected chi connectivity index (χ3v) is 4.43. The quantitative estimate of drug-likeness (QED) is 0.856. The molecule has 1 fully saturated rings. The number of benzene rings is 1. The van der Waals surface area contributed by atoms with Gasteiger partial charge in [-0.3, -0.25) is 0 Å². The molecular weight excluding hydrogens is 270 g/mol. The van der Waals surface area contributed by atoms with Gasteiger partial charge in [-0.1, -0.05) is 30.3 Å². The van der Waals surface area contributed by atoms with E-state index in [1.807, 2.05) is 18.3 Å². The van der Waals surface area contributed by atoms with Crippen LogP contribution in [0.15, 0.2) is 48.7 Å². The minimum absolute atomic E-state index is 0.488. The second-order valence-electron chi connectivity index (χ2n) is 5.88. The number of piperidine rings is 1. The maximum Gasteiger partial charge on any atom is 0.140 e. The fourth-order valence-electron chi connectivity index (χ4n) is 3.24. The van der Waals surface area contributed by atoms with Gasteiger partial charge in [0, 0.05) is 12.6 Å². The molecule has 1 aromatic carbocycles. The average Bonchev–Trinajstić information content (AvgIpc) is 2.61. The smallest absolute Gasteiger partial charge is 0.140 e. The predicted molar refractivity (Wildman–Crippen MR) is 88.7 cm³/mol. The molecule has 0 saturated carbocycles. The Morgan fingerprint density at radius 2 is 2.00 bits per heavy atom. The minimum atomic E-state index is 0.488. The number of nitriles is 1. The third-order valence-electron chi connectivity index (χ3n) is 4.43. The average molecular weight is 291 g/mol. The Bertz CT molecular complexity index is 628. The van der Waals surface area contributed by atoms with Crippen molar-refractivity contribution in [2.45, 2.75) is 38.1 Å². The van der Waals surface area contributed by atoms with E-state index in [1.165, 1.54) is 31.2 Å². The van der Waals surface area contributed by atoms with Crippen LogP contribution in [0.2, 0.25) is 0 Å². The van der Waals surface area contributed by atoms with E-state index in [9.17, 15) is 0 Å². The molecule has 112 valence electrons. The van der Waals surface area contributed by atoms with Gasteiger partial charge in [0.15, 0.2) is 0 Å². The Balaban J connectivity index is 1.69. The molecule has 3 rings (SSSR count). The van der Waals surface area contributed by atoms with Crippen molar-refractivity contribution in [3.05, 3.63) is 59.9 Å². The van der Waals surface area contributed by atoms with Crippen LogP contribution >= 0.6 is 0 Å². The van der Waals surface area contributed by atoms with Gasteiger partial charge in [-0.2, -0.15) is 5.26 Å². The summed E-state index contributed by atoms with van der Waals surface area (Å²) in [6.45, 7) is 1.09. The molecule has 1 aliphatic heterocycles. The summed E-state index contributed by atoms with van der Waals surface area (Å²) in [4.78, 5) is 6.70. The van der Waals surface area contributed by atoms with E-state index in [-0.39, 0.29) is 0 Å². The van der Waals surface area contributed by atoms with Gasteiger partial charge in [0.05, 0.1) is 11.9 Å². The lowest BCUT2D eigenvalue weighted by Crippen LogP contribution is -2.40. The van der Waals surface area contributed by atoms with E-state index in [0.29, 0.717) is 11.7 Å². The van der Waals surface area contributed by atoms with Crippen LogP contribution in [-0.4, -0.2) is 17.6 Å². The minimum Gasteiger partial charge on any atom is -0.367 e. The second kappa shape index (κ2) is 7.09. The molecule has 0 N–H and O–H groups in total. The Morgan fingerprint density at radius 3 is 2.73 bits per heavy atom. The molecule has 3 nitrogen and oxygen atoms in total. The highest BCUT2D eigenvalue weighted by molar-refractivity contribution is 5.47. The van der Waals surface area contributed by atoms with Crippen LogP contribution in [0.5, 0.6) is 0 Å². The van der Waals surface area contributed by atoms with E-state index in [1.54, 1.807) is 0 Å². The molecule has 1 atom stereocenters. The number of hydrogen-bond acceptors (Lipinski definition) is 3.